The molecular weight excluding hydrogens is 448 g/mol. The van der Waals surface area contributed by atoms with Gasteiger partial charge >= 0.3 is 5.97 Å². The molecule has 1 aromatic heterocycles. The van der Waals surface area contributed by atoms with Crippen LogP contribution in [0.25, 0.3) is 10.2 Å². The number of carbonyl (C=O) groups excluding carboxylic acids is 2. The number of sulfone groups is 1. The van der Waals surface area contributed by atoms with E-state index in [4.69, 9.17) is 4.74 Å². The fraction of sp³-hybridized carbons (Fsp3) is 0.261. The molecule has 1 heterocycles. The number of amides is 1. The highest BCUT2D eigenvalue weighted by atomic mass is 32.2. The molecule has 0 fully saturated rings. The van der Waals surface area contributed by atoms with Crippen molar-refractivity contribution < 1.29 is 22.7 Å². The highest BCUT2D eigenvalue weighted by Gasteiger charge is 2.14. The number of rotatable bonds is 8. The summed E-state index contributed by atoms with van der Waals surface area (Å²) in [5.74, 6) is -0.736. The van der Waals surface area contributed by atoms with E-state index in [-0.39, 0.29) is 29.6 Å². The minimum atomic E-state index is -3.28. The number of carbonyl (C=O) groups is 2. The minimum absolute atomic E-state index is 0.0216. The third-order valence-electron chi connectivity index (χ3n) is 4.74. The molecule has 0 radical (unpaired) electrons. The lowest BCUT2D eigenvalue weighted by molar-refractivity contribution is -0.117. The van der Waals surface area contributed by atoms with Crippen molar-refractivity contribution in [2.75, 3.05) is 12.4 Å². The number of hydrogen-bond donors (Lipinski definition) is 0. The molecule has 0 aliphatic rings. The maximum absolute atomic E-state index is 12.6. The lowest BCUT2D eigenvalue weighted by atomic mass is 10.1. The van der Waals surface area contributed by atoms with Gasteiger partial charge in [0.25, 0.3) is 5.91 Å². The molecule has 0 aliphatic carbocycles. The molecule has 32 heavy (non-hydrogen) atoms. The Morgan fingerprint density at radius 1 is 1.16 bits per heavy atom. The van der Waals surface area contributed by atoms with Crippen LogP contribution in [0.15, 0.2) is 65.0 Å². The van der Waals surface area contributed by atoms with E-state index in [1.807, 2.05) is 4.57 Å². The van der Waals surface area contributed by atoms with Gasteiger partial charge < -0.3 is 9.30 Å². The molecular formula is C23H24N2O5S2. The van der Waals surface area contributed by atoms with E-state index in [0.29, 0.717) is 22.5 Å². The van der Waals surface area contributed by atoms with E-state index < -0.39 is 15.8 Å². The van der Waals surface area contributed by atoms with Crippen LogP contribution in [0.4, 0.5) is 0 Å². The van der Waals surface area contributed by atoms with Gasteiger partial charge in [-0.25, -0.2) is 13.2 Å². The molecule has 9 heteroatoms. The van der Waals surface area contributed by atoms with E-state index in [1.54, 1.807) is 50.3 Å². The first-order valence-corrected chi connectivity index (χ1v) is 12.6. The molecule has 0 aliphatic heterocycles. The molecule has 0 N–H and O–H groups in total. The van der Waals surface area contributed by atoms with Crippen molar-refractivity contribution in [3.05, 3.63) is 71.0 Å². The summed E-state index contributed by atoms with van der Waals surface area (Å²) in [7, 11) is -3.28. The third-order valence-corrected chi connectivity index (χ3v) is 7.54. The number of aromatic nitrogens is 1. The number of hydrogen-bond acceptors (Lipinski definition) is 6. The maximum atomic E-state index is 12.6. The SMILES string of the molecule is C=CCn1c(=NC(=O)Cc2ccc(S(=O)(=O)CC)cc2)sc2cc(C(=O)OCC)ccc21. The van der Waals surface area contributed by atoms with Crippen molar-refractivity contribution >= 4 is 43.3 Å². The molecule has 168 valence electrons. The number of thiazole rings is 1. The fourth-order valence-corrected chi connectivity index (χ4v) is 5.09. The summed E-state index contributed by atoms with van der Waals surface area (Å²) in [6, 6.07) is 11.5. The molecule has 0 saturated heterocycles. The van der Waals surface area contributed by atoms with Gasteiger partial charge in [-0.05, 0) is 42.8 Å². The predicted octanol–water partition coefficient (Wildman–Crippen LogP) is 3.53. The van der Waals surface area contributed by atoms with Crippen LogP contribution in [0.3, 0.4) is 0 Å². The van der Waals surface area contributed by atoms with Crippen LogP contribution < -0.4 is 4.80 Å². The number of fused-ring (bicyclic) bond motifs is 1. The molecule has 0 atom stereocenters. The van der Waals surface area contributed by atoms with Crippen LogP contribution in [0.5, 0.6) is 0 Å². The first-order chi connectivity index (χ1) is 15.3. The Bertz CT molecular complexity index is 1330. The van der Waals surface area contributed by atoms with Crippen LogP contribution in [0.2, 0.25) is 0 Å². The average molecular weight is 473 g/mol. The van der Waals surface area contributed by atoms with Gasteiger partial charge in [0.15, 0.2) is 14.6 Å². The number of nitrogens with zero attached hydrogens (tertiary/aromatic N) is 2. The van der Waals surface area contributed by atoms with E-state index in [0.717, 1.165) is 10.2 Å². The van der Waals surface area contributed by atoms with Crippen molar-refractivity contribution in [2.24, 2.45) is 4.99 Å². The van der Waals surface area contributed by atoms with Crippen LogP contribution >= 0.6 is 11.3 Å². The van der Waals surface area contributed by atoms with Crippen molar-refractivity contribution in [3.63, 3.8) is 0 Å². The molecule has 0 saturated carbocycles. The smallest absolute Gasteiger partial charge is 0.338 e. The Kier molecular flexibility index (Phi) is 7.42. The summed E-state index contributed by atoms with van der Waals surface area (Å²) >= 11 is 1.30. The Balaban J connectivity index is 1.92. The third kappa shape index (κ3) is 5.23. The highest BCUT2D eigenvalue weighted by Crippen LogP contribution is 2.20. The molecule has 7 nitrogen and oxygen atoms in total. The average Bonchev–Trinajstić information content (AvgIpc) is 3.10. The number of esters is 1. The van der Waals surface area contributed by atoms with E-state index in [9.17, 15) is 18.0 Å². The normalized spacial score (nSPS) is 12.1. The lowest BCUT2D eigenvalue weighted by Crippen LogP contribution is -2.17. The van der Waals surface area contributed by atoms with E-state index in [2.05, 4.69) is 11.6 Å². The van der Waals surface area contributed by atoms with Gasteiger partial charge in [-0.15, -0.1) is 6.58 Å². The molecule has 0 unspecified atom stereocenters. The van der Waals surface area contributed by atoms with Crippen LogP contribution in [0.1, 0.15) is 29.8 Å². The van der Waals surface area contributed by atoms with Gasteiger partial charge in [-0.2, -0.15) is 4.99 Å². The molecule has 3 rings (SSSR count). The summed E-state index contributed by atoms with van der Waals surface area (Å²) < 4.78 is 31.6. The van der Waals surface area contributed by atoms with Gasteiger partial charge in [0.2, 0.25) is 0 Å². The first kappa shape index (κ1) is 23.6. The summed E-state index contributed by atoms with van der Waals surface area (Å²) in [5, 5.41) is 0. The highest BCUT2D eigenvalue weighted by molar-refractivity contribution is 7.91. The summed E-state index contributed by atoms with van der Waals surface area (Å²) in [4.78, 5) is 29.7. The summed E-state index contributed by atoms with van der Waals surface area (Å²) in [6.07, 6.45) is 1.75. The Labute approximate surface area is 190 Å². The van der Waals surface area contributed by atoms with Gasteiger partial charge in [-0.3, -0.25) is 4.79 Å². The zero-order valence-corrected chi connectivity index (χ0v) is 19.5. The van der Waals surface area contributed by atoms with Gasteiger partial charge in [0.1, 0.15) is 0 Å². The van der Waals surface area contributed by atoms with Crippen molar-refractivity contribution in [3.8, 4) is 0 Å². The number of ether oxygens (including phenoxy) is 1. The van der Waals surface area contributed by atoms with Gasteiger partial charge in [0.05, 0.1) is 39.5 Å². The monoisotopic (exact) mass is 472 g/mol. The quantitative estimate of drug-likeness (QED) is 0.369. The van der Waals surface area contributed by atoms with Gasteiger partial charge in [-0.1, -0.05) is 36.5 Å². The standard InChI is InChI=1S/C23H24N2O5S2/c1-4-13-25-19-12-9-17(22(27)30-5-2)15-20(19)31-23(25)24-21(26)14-16-7-10-18(11-8-16)32(28,29)6-3/h4,7-12,15H,1,5-6,13-14H2,2-3H3. The topological polar surface area (TPSA) is 94.8 Å². The van der Waals surface area contributed by atoms with E-state index in [1.165, 1.54) is 23.5 Å². The Hall–Kier alpha value is -3.04. The largest absolute Gasteiger partial charge is 0.462 e. The van der Waals surface area contributed by atoms with Crippen molar-refractivity contribution in [1.29, 1.82) is 0 Å². The molecule has 1 amide bonds. The summed E-state index contributed by atoms with van der Waals surface area (Å²) in [6.45, 7) is 7.85. The van der Waals surface area contributed by atoms with Gasteiger partial charge in [0, 0.05) is 6.54 Å². The first-order valence-electron chi connectivity index (χ1n) is 10.1. The zero-order valence-electron chi connectivity index (χ0n) is 17.9. The lowest BCUT2D eigenvalue weighted by Gasteiger charge is -2.04. The van der Waals surface area contributed by atoms with Crippen LogP contribution in [-0.4, -0.2) is 37.2 Å². The predicted molar refractivity (Wildman–Crippen MR) is 124 cm³/mol. The number of benzene rings is 2. The molecule has 2 aromatic carbocycles. The second-order valence-electron chi connectivity index (χ2n) is 6.92. The molecule has 0 bridgehead atoms. The van der Waals surface area contributed by atoms with Crippen LogP contribution in [0, 0.1) is 0 Å². The molecule has 0 spiro atoms. The fourth-order valence-electron chi connectivity index (χ4n) is 3.11. The van der Waals surface area contributed by atoms with Crippen molar-refractivity contribution in [1.82, 2.24) is 4.57 Å². The second-order valence-corrected chi connectivity index (χ2v) is 10.2. The second kappa shape index (κ2) is 10.1. The van der Waals surface area contributed by atoms with E-state index >= 15 is 0 Å². The molecule has 3 aromatic rings. The van der Waals surface area contributed by atoms with Crippen molar-refractivity contribution in [2.45, 2.75) is 31.7 Å². The number of allylic oxidation sites excluding steroid dienone is 1. The Morgan fingerprint density at radius 3 is 2.50 bits per heavy atom. The minimum Gasteiger partial charge on any atom is -0.462 e. The van der Waals surface area contributed by atoms with Crippen LogP contribution in [-0.2, 0) is 32.3 Å². The zero-order chi connectivity index (χ0) is 23.3. The summed E-state index contributed by atoms with van der Waals surface area (Å²) in [5.41, 5.74) is 1.95. The Morgan fingerprint density at radius 2 is 1.88 bits per heavy atom. The maximum Gasteiger partial charge on any atom is 0.338 e.